The number of hydrogen-bond acceptors (Lipinski definition) is 7. The molecule has 0 atom stereocenters. The van der Waals surface area contributed by atoms with E-state index in [0.717, 1.165) is 63.2 Å². The molecule has 1 aromatic carbocycles. The lowest BCUT2D eigenvalue weighted by Crippen LogP contribution is -2.48. The molecule has 0 N–H and O–H groups in total. The van der Waals surface area contributed by atoms with Crippen LogP contribution in [-0.2, 0) is 11.3 Å². The molecule has 0 bridgehead atoms. The standard InChI is InChI=1S/C37H51N5O2S2/c1-4-6-8-9-10-11-12-13-14-18-22-42-36(44)33(46-37(42)45)27-31-29(3)32(28-38)35(43)41(21-7-5-2)34(31)40-25-23-39(24-26-40)30-19-16-15-17-20-30/h15-17,19-20,27H,4-14,18,21-26H2,1-3H3. The number of nitrogens with zero attached hydrogens (tertiary/aromatic N) is 5. The maximum atomic E-state index is 13.7. The number of hydrogen-bond donors (Lipinski definition) is 0. The summed E-state index contributed by atoms with van der Waals surface area (Å²) in [5.74, 6) is 0.734. The molecule has 0 spiro atoms. The van der Waals surface area contributed by atoms with Gasteiger partial charge in [-0.3, -0.25) is 19.1 Å². The molecule has 2 fully saturated rings. The number of carbonyl (C=O) groups excluding carboxylic acids is 1. The molecule has 46 heavy (non-hydrogen) atoms. The number of nitriles is 1. The van der Waals surface area contributed by atoms with Gasteiger partial charge in [0.2, 0.25) is 0 Å². The summed E-state index contributed by atoms with van der Waals surface area (Å²) in [6.45, 7) is 10.4. The number of amides is 1. The van der Waals surface area contributed by atoms with Crippen LogP contribution in [0.15, 0.2) is 40.0 Å². The van der Waals surface area contributed by atoms with Crippen molar-refractivity contribution in [2.75, 3.05) is 42.5 Å². The van der Waals surface area contributed by atoms with Crippen molar-refractivity contribution in [2.24, 2.45) is 0 Å². The van der Waals surface area contributed by atoms with Crippen LogP contribution in [0.5, 0.6) is 0 Å². The minimum absolute atomic E-state index is 0.0741. The Kier molecular flexibility index (Phi) is 14.2. The first-order valence-corrected chi connectivity index (χ1v) is 18.6. The Labute approximate surface area is 285 Å². The molecule has 7 nitrogen and oxygen atoms in total. The van der Waals surface area contributed by atoms with E-state index in [1.54, 1.807) is 9.47 Å². The van der Waals surface area contributed by atoms with Gasteiger partial charge in [0.15, 0.2) is 0 Å². The predicted molar refractivity (Wildman–Crippen MR) is 198 cm³/mol. The fourth-order valence-electron chi connectivity index (χ4n) is 6.41. The van der Waals surface area contributed by atoms with Gasteiger partial charge < -0.3 is 9.80 Å². The lowest BCUT2D eigenvalue weighted by atomic mass is 10.0. The quantitative estimate of drug-likeness (QED) is 0.0960. The first-order valence-electron chi connectivity index (χ1n) is 17.4. The van der Waals surface area contributed by atoms with Crippen LogP contribution in [0.1, 0.15) is 108 Å². The Bertz CT molecular complexity index is 1450. The molecule has 3 heterocycles. The second kappa shape index (κ2) is 18.3. The van der Waals surface area contributed by atoms with Crippen LogP contribution < -0.4 is 15.4 Å². The number of piperazine rings is 1. The Morgan fingerprint density at radius 1 is 0.826 bits per heavy atom. The number of anilines is 2. The van der Waals surface area contributed by atoms with Crippen molar-refractivity contribution < 1.29 is 4.79 Å². The molecular weight excluding hydrogens is 611 g/mol. The van der Waals surface area contributed by atoms with E-state index in [1.165, 1.54) is 68.8 Å². The molecule has 0 aliphatic carbocycles. The fraction of sp³-hybridized carbons (Fsp3) is 0.568. The molecule has 0 unspecified atom stereocenters. The number of unbranched alkanes of at least 4 members (excludes halogenated alkanes) is 10. The van der Waals surface area contributed by atoms with Gasteiger partial charge in [-0.25, -0.2) is 0 Å². The number of thioether (sulfide) groups is 1. The van der Waals surface area contributed by atoms with Gasteiger partial charge in [-0.1, -0.05) is 120 Å². The second-order valence-electron chi connectivity index (χ2n) is 12.5. The van der Waals surface area contributed by atoms with E-state index in [9.17, 15) is 14.9 Å². The van der Waals surface area contributed by atoms with Gasteiger partial charge in [-0.05, 0) is 43.5 Å². The number of benzene rings is 1. The van der Waals surface area contributed by atoms with Gasteiger partial charge in [0.05, 0.1) is 4.91 Å². The van der Waals surface area contributed by atoms with Gasteiger partial charge in [0.25, 0.3) is 11.5 Å². The van der Waals surface area contributed by atoms with Crippen molar-refractivity contribution >= 4 is 51.8 Å². The highest BCUT2D eigenvalue weighted by Crippen LogP contribution is 2.36. The number of pyridine rings is 1. The molecule has 0 saturated carbocycles. The van der Waals surface area contributed by atoms with Crippen molar-refractivity contribution in [3.05, 3.63) is 62.3 Å². The van der Waals surface area contributed by atoms with Crippen molar-refractivity contribution in [1.82, 2.24) is 9.47 Å². The third-order valence-corrected chi connectivity index (χ3v) is 10.5. The Morgan fingerprint density at radius 3 is 2.02 bits per heavy atom. The molecule has 2 aliphatic heterocycles. The summed E-state index contributed by atoms with van der Waals surface area (Å²) in [6.07, 6.45) is 16.1. The lowest BCUT2D eigenvalue weighted by Gasteiger charge is -2.39. The number of rotatable bonds is 17. The first-order chi connectivity index (χ1) is 22.4. The van der Waals surface area contributed by atoms with Crippen molar-refractivity contribution in [3.63, 3.8) is 0 Å². The van der Waals surface area contributed by atoms with Crippen LogP contribution in [0.3, 0.4) is 0 Å². The lowest BCUT2D eigenvalue weighted by molar-refractivity contribution is -0.122. The van der Waals surface area contributed by atoms with E-state index < -0.39 is 0 Å². The molecule has 2 aromatic rings. The third kappa shape index (κ3) is 9.04. The Hall–Kier alpha value is -3.09. The fourth-order valence-corrected chi connectivity index (χ4v) is 7.70. The molecule has 1 aromatic heterocycles. The smallest absolute Gasteiger partial charge is 0.270 e. The molecule has 2 saturated heterocycles. The topological polar surface area (TPSA) is 72.6 Å². The van der Waals surface area contributed by atoms with Gasteiger partial charge in [0, 0.05) is 50.5 Å². The van der Waals surface area contributed by atoms with E-state index in [1.807, 2.05) is 19.1 Å². The van der Waals surface area contributed by atoms with E-state index in [-0.39, 0.29) is 17.0 Å². The summed E-state index contributed by atoms with van der Waals surface area (Å²) in [6, 6.07) is 12.6. The van der Waals surface area contributed by atoms with Crippen LogP contribution in [0.25, 0.3) is 6.08 Å². The minimum Gasteiger partial charge on any atom is -0.368 e. The Morgan fingerprint density at radius 2 is 1.41 bits per heavy atom. The van der Waals surface area contributed by atoms with Gasteiger partial charge in [-0.2, -0.15) is 5.26 Å². The zero-order chi connectivity index (χ0) is 32.9. The average Bonchev–Trinajstić information content (AvgIpc) is 3.34. The summed E-state index contributed by atoms with van der Waals surface area (Å²) in [5.41, 5.74) is 2.49. The van der Waals surface area contributed by atoms with Gasteiger partial charge in [-0.15, -0.1) is 0 Å². The highest BCUT2D eigenvalue weighted by atomic mass is 32.2. The van der Waals surface area contributed by atoms with E-state index in [2.05, 4.69) is 54.0 Å². The predicted octanol–water partition coefficient (Wildman–Crippen LogP) is 8.28. The highest BCUT2D eigenvalue weighted by molar-refractivity contribution is 8.26. The molecule has 9 heteroatoms. The Balaban J connectivity index is 1.52. The van der Waals surface area contributed by atoms with Crippen LogP contribution in [-0.4, -0.2) is 52.4 Å². The maximum Gasteiger partial charge on any atom is 0.270 e. The number of carbonyl (C=O) groups is 1. The second-order valence-corrected chi connectivity index (χ2v) is 14.2. The largest absolute Gasteiger partial charge is 0.368 e. The molecule has 0 radical (unpaired) electrons. The first kappa shape index (κ1) is 35.8. The maximum absolute atomic E-state index is 13.7. The zero-order valence-electron chi connectivity index (χ0n) is 28.1. The van der Waals surface area contributed by atoms with Crippen molar-refractivity contribution in [2.45, 2.75) is 104 Å². The summed E-state index contributed by atoms with van der Waals surface area (Å²) in [7, 11) is 0. The van der Waals surface area contributed by atoms with Crippen molar-refractivity contribution in [1.29, 1.82) is 5.26 Å². The van der Waals surface area contributed by atoms with Crippen LogP contribution in [0.2, 0.25) is 0 Å². The van der Waals surface area contributed by atoms with E-state index in [0.29, 0.717) is 27.9 Å². The minimum atomic E-state index is -0.250. The summed E-state index contributed by atoms with van der Waals surface area (Å²) in [4.78, 5) is 34.3. The average molecular weight is 662 g/mol. The summed E-state index contributed by atoms with van der Waals surface area (Å²) >= 11 is 7.02. The van der Waals surface area contributed by atoms with Crippen LogP contribution >= 0.6 is 24.0 Å². The zero-order valence-corrected chi connectivity index (χ0v) is 29.7. The van der Waals surface area contributed by atoms with Crippen molar-refractivity contribution in [3.8, 4) is 6.07 Å². The summed E-state index contributed by atoms with van der Waals surface area (Å²) in [5, 5.41) is 10.0. The van der Waals surface area contributed by atoms with Crippen LogP contribution in [0.4, 0.5) is 11.5 Å². The van der Waals surface area contributed by atoms with E-state index in [4.69, 9.17) is 12.2 Å². The summed E-state index contributed by atoms with van der Waals surface area (Å²) < 4.78 is 2.37. The van der Waals surface area contributed by atoms with Gasteiger partial charge >= 0.3 is 0 Å². The normalized spacial score (nSPS) is 16.1. The number of aromatic nitrogens is 1. The molecular formula is C37H51N5O2S2. The highest BCUT2D eigenvalue weighted by Gasteiger charge is 2.33. The van der Waals surface area contributed by atoms with E-state index >= 15 is 0 Å². The van der Waals surface area contributed by atoms with Crippen LogP contribution in [0, 0.1) is 18.3 Å². The van der Waals surface area contributed by atoms with Gasteiger partial charge in [0.1, 0.15) is 21.8 Å². The number of para-hydroxylation sites is 1. The third-order valence-electron chi connectivity index (χ3n) is 9.17. The number of thiocarbonyl (C=S) groups is 1. The molecule has 1 amide bonds. The monoisotopic (exact) mass is 661 g/mol. The molecule has 4 rings (SSSR count). The molecule has 248 valence electrons. The SMILES string of the molecule is CCCCCCCCCCCCN1C(=O)C(=Cc2c(C)c(C#N)c(=O)n(CCCC)c2N2CCN(c3ccccc3)CC2)SC1=S. The molecule has 2 aliphatic rings.